The molecule has 0 saturated carbocycles. The number of halogens is 3. The molecule has 0 heterocycles. The maximum absolute atomic E-state index is 5.36. The van der Waals surface area contributed by atoms with Crippen molar-refractivity contribution in [3.05, 3.63) is 8.61 Å². The van der Waals surface area contributed by atoms with Crippen LogP contribution in [0.1, 0.15) is 0 Å². The van der Waals surface area contributed by atoms with Gasteiger partial charge in [0.15, 0.2) is 0 Å². The Labute approximate surface area is 63.9 Å². The van der Waals surface area contributed by atoms with E-state index in [9.17, 15) is 0 Å². The fourth-order valence-electron chi connectivity index (χ4n) is 0.0772. The van der Waals surface area contributed by atoms with E-state index < -0.39 is 0 Å². The van der Waals surface area contributed by atoms with Crippen molar-refractivity contribution in [1.82, 2.24) is 0 Å². The van der Waals surface area contributed by atoms with Crippen LogP contribution in [-0.2, 0) is 4.74 Å². The second-order valence-corrected chi connectivity index (χ2v) is 3.73. The van der Waals surface area contributed by atoms with Crippen molar-refractivity contribution >= 4 is 43.5 Å². The van der Waals surface area contributed by atoms with E-state index in [4.69, 9.17) is 11.6 Å². The van der Waals surface area contributed by atoms with Crippen LogP contribution < -0.4 is 0 Å². The molecule has 42 valence electrons. The van der Waals surface area contributed by atoms with Gasteiger partial charge in [-0.1, -0.05) is 0 Å². The fraction of sp³-hybridized carbons (Fsp3) is 0.333. The molecular weight excluding hydrogens is 247 g/mol. The number of hydrogen-bond donors (Lipinski definition) is 0. The van der Waals surface area contributed by atoms with Crippen molar-refractivity contribution in [2.24, 2.45) is 0 Å². The zero-order valence-corrected chi connectivity index (χ0v) is 7.47. The highest BCUT2D eigenvalue weighted by Gasteiger charge is 1.91. The first-order chi connectivity index (χ1) is 3.18. The summed E-state index contributed by atoms with van der Waals surface area (Å²) < 4.78 is 5.19. The Kier molecular flexibility index (Phi) is 4.17. The van der Waals surface area contributed by atoms with Crippen molar-refractivity contribution in [2.75, 3.05) is 7.11 Å². The van der Waals surface area contributed by atoms with E-state index in [2.05, 4.69) is 36.6 Å². The first-order valence-corrected chi connectivity index (χ1v) is 3.39. The largest absolute Gasteiger partial charge is 0.485 e. The van der Waals surface area contributed by atoms with Gasteiger partial charge in [-0.2, -0.15) is 0 Å². The lowest BCUT2D eigenvalue weighted by Gasteiger charge is -1.92. The average Bonchev–Trinajstić information content (AvgIpc) is 1.65. The number of methoxy groups -OCH3 is 1. The summed E-state index contributed by atoms with van der Waals surface area (Å²) in [6.07, 6.45) is 0. The van der Waals surface area contributed by atoms with Gasteiger partial charge in [-0.15, -0.1) is 0 Å². The van der Waals surface area contributed by atoms with E-state index in [1.807, 2.05) is 0 Å². The molecule has 0 radical (unpaired) electrons. The third-order valence-electron chi connectivity index (χ3n) is 0.328. The Bertz CT molecular complexity index is 86.9. The first-order valence-electron chi connectivity index (χ1n) is 1.43. The van der Waals surface area contributed by atoms with Gasteiger partial charge in [-0.3, -0.25) is 0 Å². The zero-order chi connectivity index (χ0) is 5.86. The first kappa shape index (κ1) is 7.79. The maximum Gasteiger partial charge on any atom is 0.208 e. The summed E-state index contributed by atoms with van der Waals surface area (Å²) in [5, 5.41) is 0.319. The molecule has 4 heteroatoms. The van der Waals surface area contributed by atoms with Crippen LogP contribution >= 0.6 is 43.5 Å². The minimum atomic E-state index is 0.319. The Morgan fingerprint density at radius 1 is 1.57 bits per heavy atom. The van der Waals surface area contributed by atoms with E-state index in [1.165, 1.54) is 7.11 Å². The van der Waals surface area contributed by atoms with Gasteiger partial charge in [0.25, 0.3) is 0 Å². The van der Waals surface area contributed by atoms with Gasteiger partial charge in [-0.25, -0.2) is 0 Å². The summed E-state index contributed by atoms with van der Waals surface area (Å²) in [7, 11) is 1.49. The molecule has 0 aromatic carbocycles. The third-order valence-corrected chi connectivity index (χ3v) is 1.85. The summed E-state index contributed by atoms with van der Waals surface area (Å²) >= 11 is 11.4. The minimum Gasteiger partial charge on any atom is -0.485 e. The Morgan fingerprint density at radius 3 is 2.00 bits per heavy atom. The SMILES string of the molecule is COC(Cl)=C(Br)Br. The summed E-state index contributed by atoms with van der Waals surface area (Å²) in [5.74, 6) is 0. The van der Waals surface area contributed by atoms with Gasteiger partial charge in [0.1, 0.15) is 3.39 Å². The topological polar surface area (TPSA) is 9.23 Å². The third kappa shape index (κ3) is 3.38. The van der Waals surface area contributed by atoms with E-state index in [1.54, 1.807) is 0 Å². The van der Waals surface area contributed by atoms with Crippen molar-refractivity contribution in [3.63, 3.8) is 0 Å². The predicted octanol–water partition coefficient (Wildman–Crippen LogP) is 2.79. The van der Waals surface area contributed by atoms with Crippen LogP contribution in [-0.4, -0.2) is 7.11 Å². The van der Waals surface area contributed by atoms with Gasteiger partial charge < -0.3 is 4.74 Å². The zero-order valence-electron chi connectivity index (χ0n) is 3.54. The highest BCUT2D eigenvalue weighted by molar-refractivity contribution is 9.28. The van der Waals surface area contributed by atoms with Gasteiger partial charge in [0.05, 0.1) is 7.11 Å². The molecule has 0 amide bonds. The smallest absolute Gasteiger partial charge is 0.208 e. The van der Waals surface area contributed by atoms with Gasteiger partial charge in [0.2, 0.25) is 5.22 Å². The molecular formula is C3H3Br2ClO. The van der Waals surface area contributed by atoms with Crippen LogP contribution in [0.25, 0.3) is 0 Å². The van der Waals surface area contributed by atoms with Crippen LogP contribution in [0.4, 0.5) is 0 Å². The molecule has 0 bridgehead atoms. The second kappa shape index (κ2) is 3.75. The fourth-order valence-corrected chi connectivity index (χ4v) is 0.401. The van der Waals surface area contributed by atoms with E-state index in [-0.39, 0.29) is 0 Å². The Hall–Kier alpha value is 0.790. The minimum absolute atomic E-state index is 0.319. The van der Waals surface area contributed by atoms with E-state index in [0.29, 0.717) is 8.61 Å². The van der Waals surface area contributed by atoms with Crippen LogP contribution in [0.2, 0.25) is 0 Å². The molecule has 0 saturated heterocycles. The number of ether oxygens (including phenoxy) is 1. The molecule has 0 unspecified atom stereocenters. The van der Waals surface area contributed by atoms with Crippen molar-refractivity contribution in [3.8, 4) is 0 Å². The Morgan fingerprint density at radius 2 is 2.00 bits per heavy atom. The van der Waals surface area contributed by atoms with E-state index >= 15 is 0 Å². The molecule has 7 heavy (non-hydrogen) atoms. The Balaban J connectivity index is 3.72. The molecule has 0 rings (SSSR count). The maximum atomic E-state index is 5.36. The molecule has 0 aromatic heterocycles. The molecule has 0 aliphatic rings. The molecule has 1 nitrogen and oxygen atoms in total. The van der Waals surface area contributed by atoms with Crippen LogP contribution in [0.15, 0.2) is 8.61 Å². The number of hydrogen-bond acceptors (Lipinski definition) is 1. The molecule has 0 aliphatic heterocycles. The molecule has 0 N–H and O–H groups in total. The van der Waals surface area contributed by atoms with Gasteiger partial charge in [0, 0.05) is 0 Å². The normalized spacial score (nSPS) is 8.00. The second-order valence-electron chi connectivity index (χ2n) is 0.738. The highest BCUT2D eigenvalue weighted by atomic mass is 79.9. The average molecular weight is 250 g/mol. The number of rotatable bonds is 1. The monoisotopic (exact) mass is 248 g/mol. The lowest BCUT2D eigenvalue weighted by Crippen LogP contribution is -1.72. The van der Waals surface area contributed by atoms with Crippen molar-refractivity contribution < 1.29 is 4.74 Å². The van der Waals surface area contributed by atoms with Gasteiger partial charge in [-0.05, 0) is 43.5 Å². The van der Waals surface area contributed by atoms with Gasteiger partial charge >= 0.3 is 0 Å². The van der Waals surface area contributed by atoms with Crippen LogP contribution in [0, 0.1) is 0 Å². The molecule has 0 fully saturated rings. The standard InChI is InChI=1S/C3H3Br2ClO/c1-7-3(6)2(4)5/h1H3. The molecule has 0 spiro atoms. The highest BCUT2D eigenvalue weighted by Crippen LogP contribution is 2.21. The van der Waals surface area contributed by atoms with Crippen molar-refractivity contribution in [2.45, 2.75) is 0 Å². The van der Waals surface area contributed by atoms with Crippen molar-refractivity contribution in [1.29, 1.82) is 0 Å². The molecule has 0 atom stereocenters. The summed E-state index contributed by atoms with van der Waals surface area (Å²) in [5.41, 5.74) is 0. The summed E-state index contributed by atoms with van der Waals surface area (Å²) in [6.45, 7) is 0. The lowest BCUT2D eigenvalue weighted by molar-refractivity contribution is 0.322. The van der Waals surface area contributed by atoms with Crippen LogP contribution in [0.3, 0.4) is 0 Å². The molecule has 0 aliphatic carbocycles. The molecule has 0 aromatic rings. The van der Waals surface area contributed by atoms with E-state index in [0.717, 1.165) is 0 Å². The predicted molar refractivity (Wildman–Crippen MR) is 37.7 cm³/mol. The summed E-state index contributed by atoms with van der Waals surface area (Å²) in [6, 6.07) is 0. The van der Waals surface area contributed by atoms with Crippen LogP contribution in [0.5, 0.6) is 0 Å². The lowest BCUT2D eigenvalue weighted by atomic mass is 11.1. The summed E-state index contributed by atoms with van der Waals surface area (Å²) in [4.78, 5) is 0. The quantitative estimate of drug-likeness (QED) is 0.650.